The van der Waals surface area contributed by atoms with Gasteiger partial charge in [-0.2, -0.15) is 0 Å². The summed E-state index contributed by atoms with van der Waals surface area (Å²) < 4.78 is 5.29. The molecule has 90 valence electrons. The summed E-state index contributed by atoms with van der Waals surface area (Å²) in [5.41, 5.74) is 1.05. The largest absolute Gasteiger partial charge is 0.504 e. The van der Waals surface area contributed by atoms with Crippen molar-refractivity contribution in [3.63, 3.8) is 0 Å². The van der Waals surface area contributed by atoms with Crippen molar-refractivity contribution in [3.8, 4) is 11.5 Å². The number of ether oxygens (including phenoxy) is 1. The zero-order valence-corrected chi connectivity index (χ0v) is 9.57. The van der Waals surface area contributed by atoms with Gasteiger partial charge in [0.2, 0.25) is 0 Å². The highest BCUT2D eigenvalue weighted by Crippen LogP contribution is 2.26. The van der Waals surface area contributed by atoms with Gasteiger partial charge >= 0.3 is 0 Å². The van der Waals surface area contributed by atoms with Crippen molar-refractivity contribution < 1.29 is 14.9 Å². The average molecular weight is 225 g/mol. The maximum atomic E-state index is 9.50. The SMILES string of the molecule is CCOc1cc(CNCCCO)ccc1O. The van der Waals surface area contributed by atoms with Gasteiger partial charge in [-0.1, -0.05) is 6.07 Å². The third kappa shape index (κ3) is 4.08. The van der Waals surface area contributed by atoms with Gasteiger partial charge in [-0.3, -0.25) is 0 Å². The molecule has 0 amide bonds. The summed E-state index contributed by atoms with van der Waals surface area (Å²) in [4.78, 5) is 0. The van der Waals surface area contributed by atoms with Crippen LogP contribution in [0.15, 0.2) is 18.2 Å². The van der Waals surface area contributed by atoms with E-state index in [1.54, 1.807) is 6.07 Å². The molecule has 0 atom stereocenters. The Labute approximate surface area is 95.9 Å². The Morgan fingerprint density at radius 3 is 2.88 bits per heavy atom. The molecule has 0 radical (unpaired) electrons. The van der Waals surface area contributed by atoms with Crippen LogP contribution < -0.4 is 10.1 Å². The molecular weight excluding hydrogens is 206 g/mol. The zero-order chi connectivity index (χ0) is 11.8. The maximum Gasteiger partial charge on any atom is 0.161 e. The van der Waals surface area contributed by atoms with Crippen LogP contribution in [0.3, 0.4) is 0 Å². The van der Waals surface area contributed by atoms with Crippen LogP contribution in [0.2, 0.25) is 0 Å². The van der Waals surface area contributed by atoms with E-state index in [1.165, 1.54) is 0 Å². The molecule has 4 nitrogen and oxygen atoms in total. The molecule has 0 unspecified atom stereocenters. The Hall–Kier alpha value is -1.26. The summed E-state index contributed by atoms with van der Waals surface area (Å²) in [7, 11) is 0. The van der Waals surface area contributed by atoms with Gasteiger partial charge in [-0.25, -0.2) is 0 Å². The van der Waals surface area contributed by atoms with Gasteiger partial charge in [0.05, 0.1) is 6.61 Å². The number of hydrogen-bond acceptors (Lipinski definition) is 4. The van der Waals surface area contributed by atoms with E-state index >= 15 is 0 Å². The van der Waals surface area contributed by atoms with Crippen molar-refractivity contribution >= 4 is 0 Å². The number of nitrogens with one attached hydrogen (secondary N) is 1. The predicted molar refractivity (Wildman–Crippen MR) is 62.7 cm³/mol. The van der Waals surface area contributed by atoms with E-state index in [4.69, 9.17) is 9.84 Å². The normalized spacial score (nSPS) is 10.4. The quantitative estimate of drug-likeness (QED) is 0.611. The van der Waals surface area contributed by atoms with Crippen molar-refractivity contribution in [1.29, 1.82) is 0 Å². The summed E-state index contributed by atoms with van der Waals surface area (Å²) in [6.45, 7) is 4.11. The molecule has 0 heterocycles. The van der Waals surface area contributed by atoms with Crippen molar-refractivity contribution in [2.45, 2.75) is 19.9 Å². The smallest absolute Gasteiger partial charge is 0.161 e. The van der Waals surface area contributed by atoms with E-state index < -0.39 is 0 Å². The molecule has 1 rings (SSSR count). The van der Waals surface area contributed by atoms with Crippen LogP contribution >= 0.6 is 0 Å². The summed E-state index contributed by atoms with van der Waals surface area (Å²) in [5.74, 6) is 0.685. The van der Waals surface area contributed by atoms with Crippen LogP contribution in [0.5, 0.6) is 11.5 Å². The minimum Gasteiger partial charge on any atom is -0.504 e. The molecule has 0 spiro atoms. The first-order chi connectivity index (χ1) is 7.77. The predicted octanol–water partition coefficient (Wildman–Crippen LogP) is 1.26. The van der Waals surface area contributed by atoms with Gasteiger partial charge in [0.25, 0.3) is 0 Å². The Morgan fingerprint density at radius 1 is 1.38 bits per heavy atom. The van der Waals surface area contributed by atoms with E-state index in [0.717, 1.165) is 18.5 Å². The second kappa shape index (κ2) is 7.09. The van der Waals surface area contributed by atoms with Gasteiger partial charge in [0.15, 0.2) is 11.5 Å². The lowest BCUT2D eigenvalue weighted by atomic mass is 10.2. The van der Waals surface area contributed by atoms with Gasteiger partial charge in [0.1, 0.15) is 0 Å². The average Bonchev–Trinajstić information content (AvgIpc) is 2.29. The fourth-order valence-corrected chi connectivity index (χ4v) is 1.38. The minimum absolute atomic E-state index is 0.168. The molecule has 1 aromatic rings. The molecule has 0 aliphatic carbocycles. The van der Waals surface area contributed by atoms with Crippen LogP contribution in [0, 0.1) is 0 Å². The van der Waals surface area contributed by atoms with Gasteiger partial charge in [0, 0.05) is 13.2 Å². The number of benzene rings is 1. The standard InChI is InChI=1S/C12H19NO3/c1-2-16-12-8-10(4-5-11(12)15)9-13-6-3-7-14/h4-5,8,13-15H,2-3,6-7,9H2,1H3. The van der Waals surface area contributed by atoms with E-state index in [1.807, 2.05) is 19.1 Å². The summed E-state index contributed by atoms with van der Waals surface area (Å²) in [6, 6.07) is 5.31. The Kier molecular flexibility index (Phi) is 5.67. The number of aliphatic hydroxyl groups excluding tert-OH is 1. The highest BCUT2D eigenvalue weighted by atomic mass is 16.5. The van der Waals surface area contributed by atoms with E-state index in [-0.39, 0.29) is 12.4 Å². The number of phenolic OH excluding ortho intramolecular Hbond substituents is 1. The molecule has 0 saturated heterocycles. The summed E-state index contributed by atoms with van der Waals surface area (Å²) in [5, 5.41) is 21.3. The summed E-state index contributed by atoms with van der Waals surface area (Å²) >= 11 is 0. The Balaban J connectivity index is 2.50. The third-order valence-electron chi connectivity index (χ3n) is 2.16. The topological polar surface area (TPSA) is 61.7 Å². The van der Waals surface area contributed by atoms with Crippen LogP contribution in [-0.2, 0) is 6.54 Å². The highest BCUT2D eigenvalue weighted by Gasteiger charge is 2.02. The maximum absolute atomic E-state index is 9.50. The van der Waals surface area contributed by atoms with Crippen molar-refractivity contribution in [1.82, 2.24) is 5.32 Å². The zero-order valence-electron chi connectivity index (χ0n) is 9.57. The molecule has 0 aromatic heterocycles. The van der Waals surface area contributed by atoms with Gasteiger partial charge < -0.3 is 20.3 Å². The molecule has 0 saturated carbocycles. The molecule has 0 aliphatic rings. The number of aliphatic hydroxyl groups is 1. The molecular formula is C12H19NO3. The van der Waals surface area contributed by atoms with Gasteiger partial charge in [-0.15, -0.1) is 0 Å². The van der Waals surface area contributed by atoms with Crippen LogP contribution in [0.4, 0.5) is 0 Å². The molecule has 4 heteroatoms. The monoisotopic (exact) mass is 225 g/mol. The van der Waals surface area contributed by atoms with Crippen LogP contribution in [-0.4, -0.2) is 30.0 Å². The number of hydrogen-bond donors (Lipinski definition) is 3. The number of aromatic hydroxyl groups is 1. The first-order valence-corrected chi connectivity index (χ1v) is 5.54. The first-order valence-electron chi connectivity index (χ1n) is 5.54. The number of rotatable bonds is 7. The van der Waals surface area contributed by atoms with E-state index in [0.29, 0.717) is 18.9 Å². The molecule has 0 bridgehead atoms. The van der Waals surface area contributed by atoms with Crippen molar-refractivity contribution in [2.75, 3.05) is 19.8 Å². The molecule has 0 aliphatic heterocycles. The van der Waals surface area contributed by atoms with Gasteiger partial charge in [-0.05, 0) is 37.6 Å². The van der Waals surface area contributed by atoms with Crippen molar-refractivity contribution in [3.05, 3.63) is 23.8 Å². The molecule has 16 heavy (non-hydrogen) atoms. The highest BCUT2D eigenvalue weighted by molar-refractivity contribution is 5.41. The second-order valence-corrected chi connectivity index (χ2v) is 3.49. The third-order valence-corrected chi connectivity index (χ3v) is 2.16. The lowest BCUT2D eigenvalue weighted by Crippen LogP contribution is -2.15. The Bertz CT molecular complexity index is 315. The fraction of sp³-hybridized carbons (Fsp3) is 0.500. The van der Waals surface area contributed by atoms with E-state index in [2.05, 4.69) is 5.32 Å². The molecule has 0 fully saturated rings. The van der Waals surface area contributed by atoms with Crippen molar-refractivity contribution in [2.24, 2.45) is 0 Å². The van der Waals surface area contributed by atoms with Crippen LogP contribution in [0.25, 0.3) is 0 Å². The fourth-order valence-electron chi connectivity index (χ4n) is 1.38. The second-order valence-electron chi connectivity index (χ2n) is 3.49. The van der Waals surface area contributed by atoms with Crippen LogP contribution in [0.1, 0.15) is 18.9 Å². The Morgan fingerprint density at radius 2 is 2.19 bits per heavy atom. The minimum atomic E-state index is 0.168. The lowest BCUT2D eigenvalue weighted by Gasteiger charge is -2.09. The van der Waals surface area contributed by atoms with E-state index in [9.17, 15) is 5.11 Å². The lowest BCUT2D eigenvalue weighted by molar-refractivity contribution is 0.286. The molecule has 3 N–H and O–H groups in total. The number of phenols is 1. The molecule has 1 aromatic carbocycles. The summed E-state index contributed by atoms with van der Waals surface area (Å²) in [6.07, 6.45) is 0.746. The first kappa shape index (κ1) is 12.8.